The molecule has 12 nitrogen and oxygen atoms in total. The first-order chi connectivity index (χ1) is 25.3. The molecule has 0 aliphatic carbocycles. The lowest BCUT2D eigenvalue weighted by Gasteiger charge is -2.34. The van der Waals surface area contributed by atoms with Crippen LogP contribution in [0.1, 0.15) is 39.9 Å². The van der Waals surface area contributed by atoms with Crippen molar-refractivity contribution in [3.63, 3.8) is 0 Å². The van der Waals surface area contributed by atoms with Crippen LogP contribution in [0, 0.1) is 6.92 Å². The van der Waals surface area contributed by atoms with Crippen LogP contribution in [-0.4, -0.2) is 74.7 Å². The minimum absolute atomic E-state index is 0.176. The first-order valence-electron chi connectivity index (χ1n) is 17.5. The van der Waals surface area contributed by atoms with E-state index in [2.05, 4.69) is 58.2 Å². The summed E-state index contributed by atoms with van der Waals surface area (Å²) in [6, 6.07) is 27.0. The zero-order chi connectivity index (χ0) is 35.9. The standard InChI is InChI=1S/C40H41N9O3/c1-27-4-11-33(23-36(27)46-40-42-18-16-34(45-40)31-3-2-17-41-24-31)44-38(51)30-9-5-28(6-10-30)25-48-19-21-49(22-20-48)26-29-7-12-32(13-8-29)43-35-14-15-37(50)47-39(35)52/h2-13,16-18,23-24,35,43H,14-15,19-22,25-26H2,1H3,(H,44,51)(H,42,45,46)(H,47,50,52). The van der Waals surface area contributed by atoms with E-state index in [0.717, 1.165) is 67.5 Å². The number of hydrogen-bond donors (Lipinski definition) is 4. The van der Waals surface area contributed by atoms with Gasteiger partial charge in [-0.05, 0) is 84.6 Å². The molecule has 0 saturated carbocycles. The number of piperazine rings is 1. The number of piperidine rings is 1. The molecule has 52 heavy (non-hydrogen) atoms. The number of nitrogens with one attached hydrogen (secondary N) is 4. The number of aromatic nitrogens is 3. The third kappa shape index (κ3) is 8.84. The van der Waals surface area contributed by atoms with Gasteiger partial charge in [-0.15, -0.1) is 0 Å². The average molecular weight is 696 g/mol. The van der Waals surface area contributed by atoms with Crippen LogP contribution in [0.15, 0.2) is 104 Å². The molecule has 1 unspecified atom stereocenters. The monoisotopic (exact) mass is 695 g/mol. The molecule has 0 bridgehead atoms. The average Bonchev–Trinajstić information content (AvgIpc) is 3.16. The van der Waals surface area contributed by atoms with Crippen LogP contribution in [0.2, 0.25) is 0 Å². The van der Waals surface area contributed by atoms with E-state index in [1.165, 1.54) is 11.1 Å². The lowest BCUT2D eigenvalue weighted by molar-refractivity contribution is -0.133. The highest BCUT2D eigenvalue weighted by atomic mass is 16.2. The largest absolute Gasteiger partial charge is 0.374 e. The van der Waals surface area contributed by atoms with Crippen molar-refractivity contribution in [1.29, 1.82) is 0 Å². The van der Waals surface area contributed by atoms with Crippen molar-refractivity contribution in [2.75, 3.05) is 42.1 Å². The van der Waals surface area contributed by atoms with E-state index in [4.69, 9.17) is 0 Å². The van der Waals surface area contributed by atoms with Gasteiger partial charge in [0.05, 0.1) is 5.69 Å². The van der Waals surface area contributed by atoms with Crippen molar-refractivity contribution >= 4 is 40.7 Å². The number of rotatable bonds is 11. The lowest BCUT2D eigenvalue weighted by atomic mass is 10.1. The van der Waals surface area contributed by atoms with Gasteiger partial charge in [0, 0.05) is 92.5 Å². The molecule has 3 amide bonds. The normalized spacial score (nSPS) is 16.6. The Hall–Kier alpha value is -5.98. The SMILES string of the molecule is Cc1ccc(NC(=O)c2ccc(CN3CCN(Cc4ccc(NC5CCC(=O)NC5=O)cc4)CC3)cc2)cc1Nc1nccc(-c2cccnc2)n1. The van der Waals surface area contributed by atoms with Gasteiger partial charge in [0.15, 0.2) is 0 Å². The molecule has 1 atom stereocenters. The number of nitrogens with zero attached hydrogens (tertiary/aromatic N) is 5. The Balaban J connectivity index is 0.870. The lowest BCUT2D eigenvalue weighted by Crippen LogP contribution is -2.47. The molecular weight excluding hydrogens is 654 g/mol. The zero-order valence-electron chi connectivity index (χ0n) is 29.0. The van der Waals surface area contributed by atoms with E-state index in [-0.39, 0.29) is 23.8 Å². The van der Waals surface area contributed by atoms with Gasteiger partial charge in [0.25, 0.3) is 5.91 Å². The second kappa shape index (κ2) is 15.9. The molecule has 3 aromatic carbocycles. The second-order valence-corrected chi connectivity index (χ2v) is 13.2. The third-order valence-corrected chi connectivity index (χ3v) is 9.38. The Bertz CT molecular complexity index is 2030. The predicted molar refractivity (Wildman–Crippen MR) is 201 cm³/mol. The van der Waals surface area contributed by atoms with Gasteiger partial charge >= 0.3 is 0 Å². The predicted octanol–water partition coefficient (Wildman–Crippen LogP) is 5.38. The van der Waals surface area contributed by atoms with Gasteiger partial charge in [-0.3, -0.25) is 34.5 Å². The smallest absolute Gasteiger partial charge is 0.255 e. The van der Waals surface area contributed by atoms with Crippen molar-refractivity contribution < 1.29 is 14.4 Å². The summed E-state index contributed by atoms with van der Waals surface area (Å²) in [5, 5.41) is 11.9. The number of anilines is 4. The molecule has 0 radical (unpaired) electrons. The Morgan fingerprint density at radius 3 is 2.21 bits per heavy atom. The fourth-order valence-corrected chi connectivity index (χ4v) is 6.37. The van der Waals surface area contributed by atoms with E-state index >= 15 is 0 Å². The van der Waals surface area contributed by atoms with Crippen LogP contribution >= 0.6 is 0 Å². The number of pyridine rings is 1. The van der Waals surface area contributed by atoms with E-state index in [1.54, 1.807) is 18.6 Å². The van der Waals surface area contributed by atoms with Crippen LogP contribution in [0.25, 0.3) is 11.3 Å². The summed E-state index contributed by atoms with van der Waals surface area (Å²) in [6.45, 7) is 7.52. The Labute approximate surface area is 302 Å². The van der Waals surface area contributed by atoms with E-state index in [9.17, 15) is 14.4 Å². The molecule has 7 rings (SSSR count). The molecule has 4 heterocycles. The van der Waals surface area contributed by atoms with Gasteiger partial charge in [-0.25, -0.2) is 9.97 Å². The minimum Gasteiger partial charge on any atom is -0.374 e. The number of carbonyl (C=O) groups is 3. The summed E-state index contributed by atoms with van der Waals surface area (Å²) < 4.78 is 0. The van der Waals surface area contributed by atoms with E-state index in [0.29, 0.717) is 30.0 Å². The van der Waals surface area contributed by atoms with Gasteiger partial charge in [0.1, 0.15) is 6.04 Å². The molecule has 2 aliphatic rings. The number of imide groups is 1. The van der Waals surface area contributed by atoms with Crippen LogP contribution < -0.4 is 21.3 Å². The fraction of sp³-hybridized carbons (Fsp3) is 0.250. The summed E-state index contributed by atoms with van der Waals surface area (Å²) in [7, 11) is 0. The number of benzene rings is 3. The highest BCUT2D eigenvalue weighted by Crippen LogP contribution is 2.25. The van der Waals surface area contributed by atoms with Crippen molar-refractivity contribution in [2.45, 2.75) is 38.9 Å². The summed E-state index contributed by atoms with van der Waals surface area (Å²) in [4.78, 5) is 54.7. The van der Waals surface area contributed by atoms with Gasteiger partial charge in [-0.2, -0.15) is 0 Å². The number of hydrogen-bond acceptors (Lipinski definition) is 10. The molecule has 0 spiro atoms. The van der Waals surface area contributed by atoms with Crippen molar-refractivity contribution in [1.82, 2.24) is 30.1 Å². The summed E-state index contributed by atoms with van der Waals surface area (Å²) in [5.74, 6) is -0.198. The van der Waals surface area contributed by atoms with E-state index in [1.807, 2.05) is 79.7 Å². The van der Waals surface area contributed by atoms with E-state index < -0.39 is 0 Å². The van der Waals surface area contributed by atoms with Crippen LogP contribution in [0.3, 0.4) is 0 Å². The zero-order valence-corrected chi connectivity index (χ0v) is 29.0. The Morgan fingerprint density at radius 2 is 1.54 bits per heavy atom. The highest BCUT2D eigenvalue weighted by molar-refractivity contribution is 6.04. The van der Waals surface area contributed by atoms with Crippen molar-refractivity contribution in [3.05, 3.63) is 126 Å². The quantitative estimate of drug-likeness (QED) is 0.133. The third-order valence-electron chi connectivity index (χ3n) is 9.38. The number of aryl methyl sites for hydroxylation is 1. The Morgan fingerprint density at radius 1 is 0.846 bits per heavy atom. The van der Waals surface area contributed by atoms with Gasteiger partial charge in [-0.1, -0.05) is 30.3 Å². The Kier molecular flexibility index (Phi) is 10.6. The number of amides is 3. The number of carbonyl (C=O) groups excluding carboxylic acids is 3. The second-order valence-electron chi connectivity index (χ2n) is 13.2. The minimum atomic E-state index is -0.384. The molecule has 2 aromatic heterocycles. The maximum atomic E-state index is 13.2. The molecule has 5 aromatic rings. The van der Waals surface area contributed by atoms with Crippen LogP contribution in [0.5, 0.6) is 0 Å². The molecular formula is C40H41N9O3. The van der Waals surface area contributed by atoms with Crippen LogP contribution in [0.4, 0.5) is 23.0 Å². The van der Waals surface area contributed by atoms with Gasteiger partial charge < -0.3 is 16.0 Å². The highest BCUT2D eigenvalue weighted by Gasteiger charge is 2.26. The summed E-state index contributed by atoms with van der Waals surface area (Å²) in [5.41, 5.74) is 7.98. The van der Waals surface area contributed by atoms with Gasteiger partial charge in [0.2, 0.25) is 17.8 Å². The molecule has 264 valence electrons. The first-order valence-corrected chi connectivity index (χ1v) is 17.5. The van der Waals surface area contributed by atoms with Crippen molar-refractivity contribution in [3.8, 4) is 11.3 Å². The molecule has 2 fully saturated rings. The maximum Gasteiger partial charge on any atom is 0.255 e. The summed E-state index contributed by atoms with van der Waals surface area (Å²) >= 11 is 0. The molecule has 12 heteroatoms. The van der Waals surface area contributed by atoms with Crippen molar-refractivity contribution in [2.24, 2.45) is 0 Å². The fourth-order valence-electron chi connectivity index (χ4n) is 6.37. The van der Waals surface area contributed by atoms with Crippen LogP contribution in [-0.2, 0) is 22.7 Å². The molecule has 4 N–H and O–H groups in total. The maximum absolute atomic E-state index is 13.2. The molecule has 2 saturated heterocycles. The molecule has 2 aliphatic heterocycles. The first kappa shape index (κ1) is 34.5. The topological polar surface area (TPSA) is 144 Å². The summed E-state index contributed by atoms with van der Waals surface area (Å²) in [6.07, 6.45) is 6.05.